The average molecular weight is 246 g/mol. The van der Waals surface area contributed by atoms with Crippen LogP contribution in [0.5, 0.6) is 0 Å². The summed E-state index contributed by atoms with van der Waals surface area (Å²) in [4.78, 5) is 5.21. The van der Waals surface area contributed by atoms with E-state index in [0.29, 0.717) is 0 Å². The van der Waals surface area contributed by atoms with Crippen LogP contribution >= 0.6 is 11.3 Å². The third-order valence-electron chi connectivity index (χ3n) is 2.41. The lowest BCUT2D eigenvalue weighted by Gasteiger charge is -2.03. The minimum Gasteiger partial charge on any atom is -0.337 e. The van der Waals surface area contributed by atoms with Gasteiger partial charge in [0.1, 0.15) is 6.07 Å². The summed E-state index contributed by atoms with van der Waals surface area (Å²) >= 11 is 1.63. The van der Waals surface area contributed by atoms with E-state index in [4.69, 9.17) is 5.26 Å². The number of aromatic nitrogens is 2. The van der Waals surface area contributed by atoms with Crippen molar-refractivity contribution < 1.29 is 0 Å². The highest BCUT2D eigenvalue weighted by Crippen LogP contribution is 2.13. The van der Waals surface area contributed by atoms with E-state index >= 15 is 0 Å². The van der Waals surface area contributed by atoms with Gasteiger partial charge in [-0.3, -0.25) is 0 Å². The highest BCUT2D eigenvalue weighted by molar-refractivity contribution is 7.10. The van der Waals surface area contributed by atoms with Crippen LogP contribution in [0.2, 0.25) is 0 Å². The van der Waals surface area contributed by atoms with Gasteiger partial charge >= 0.3 is 0 Å². The van der Waals surface area contributed by atoms with Crippen LogP contribution in [0, 0.1) is 11.3 Å². The second-order valence-corrected chi connectivity index (χ2v) is 4.74. The molecule has 0 fully saturated rings. The quantitative estimate of drug-likeness (QED) is 0.793. The van der Waals surface area contributed by atoms with Gasteiger partial charge in [0.25, 0.3) is 0 Å². The Bertz CT molecular complexity index is 481. The molecule has 0 atom stereocenters. The van der Waals surface area contributed by atoms with Crippen LogP contribution in [0.4, 0.5) is 0 Å². The number of aryl methyl sites for hydroxylation is 1. The van der Waals surface area contributed by atoms with Crippen LogP contribution in [0.15, 0.2) is 30.2 Å². The van der Waals surface area contributed by atoms with E-state index in [1.54, 1.807) is 17.5 Å². The summed E-state index contributed by atoms with van der Waals surface area (Å²) in [6, 6.07) is 4.08. The standard InChI is InChI=1S/C12H14N4S/c13-7-11-6-12(17-9-11)8-14-2-1-4-16-5-3-15-10-16/h3,5-6,9-10,14H,1-2,4,8H2. The molecule has 0 aromatic carbocycles. The number of hydrogen-bond donors (Lipinski definition) is 1. The molecule has 4 nitrogen and oxygen atoms in total. The number of thiophene rings is 1. The summed E-state index contributed by atoms with van der Waals surface area (Å²) in [5.41, 5.74) is 0.755. The molecule has 17 heavy (non-hydrogen) atoms. The van der Waals surface area contributed by atoms with Gasteiger partial charge in [0, 0.05) is 35.7 Å². The molecule has 0 amide bonds. The number of imidazole rings is 1. The fraction of sp³-hybridized carbons (Fsp3) is 0.333. The Labute approximate surface area is 105 Å². The average Bonchev–Trinajstić information content (AvgIpc) is 2.99. The van der Waals surface area contributed by atoms with E-state index < -0.39 is 0 Å². The van der Waals surface area contributed by atoms with E-state index in [9.17, 15) is 0 Å². The van der Waals surface area contributed by atoms with Gasteiger partial charge < -0.3 is 9.88 Å². The molecule has 2 rings (SSSR count). The lowest BCUT2D eigenvalue weighted by Crippen LogP contribution is -2.15. The molecule has 0 aliphatic heterocycles. The third-order valence-corrected chi connectivity index (χ3v) is 3.35. The molecule has 0 aliphatic rings. The maximum atomic E-state index is 8.69. The van der Waals surface area contributed by atoms with Gasteiger partial charge in [0.15, 0.2) is 0 Å². The van der Waals surface area contributed by atoms with E-state index in [-0.39, 0.29) is 0 Å². The van der Waals surface area contributed by atoms with Crippen LogP contribution in [0.25, 0.3) is 0 Å². The van der Waals surface area contributed by atoms with Crippen LogP contribution < -0.4 is 5.32 Å². The molecule has 2 aromatic rings. The molecule has 0 spiro atoms. The number of nitrogens with one attached hydrogen (secondary N) is 1. The predicted molar refractivity (Wildman–Crippen MR) is 67.6 cm³/mol. The van der Waals surface area contributed by atoms with E-state index in [0.717, 1.165) is 31.6 Å². The highest BCUT2D eigenvalue weighted by atomic mass is 32.1. The van der Waals surface area contributed by atoms with Crippen LogP contribution in [-0.2, 0) is 13.1 Å². The van der Waals surface area contributed by atoms with Crippen molar-refractivity contribution in [2.75, 3.05) is 6.54 Å². The first-order valence-corrected chi connectivity index (χ1v) is 6.40. The summed E-state index contributed by atoms with van der Waals surface area (Å²) in [6.07, 6.45) is 6.67. The normalized spacial score (nSPS) is 10.3. The molecule has 0 aliphatic carbocycles. The van der Waals surface area contributed by atoms with Gasteiger partial charge in [-0.25, -0.2) is 4.98 Å². The SMILES string of the molecule is N#Cc1csc(CNCCCn2ccnc2)c1. The van der Waals surface area contributed by atoms with Crippen molar-refractivity contribution in [2.45, 2.75) is 19.5 Å². The monoisotopic (exact) mass is 246 g/mol. The topological polar surface area (TPSA) is 53.6 Å². The Kier molecular flexibility index (Phi) is 4.30. The zero-order chi connectivity index (χ0) is 11.9. The van der Waals surface area contributed by atoms with Crippen molar-refractivity contribution in [1.82, 2.24) is 14.9 Å². The van der Waals surface area contributed by atoms with Crippen LogP contribution in [0.3, 0.4) is 0 Å². The highest BCUT2D eigenvalue weighted by Gasteiger charge is 1.98. The van der Waals surface area contributed by atoms with Crippen LogP contribution in [0.1, 0.15) is 16.9 Å². The zero-order valence-electron chi connectivity index (χ0n) is 9.47. The third kappa shape index (κ3) is 3.70. The maximum Gasteiger partial charge on any atom is 0.100 e. The summed E-state index contributed by atoms with van der Waals surface area (Å²) in [6.45, 7) is 2.80. The molecule has 2 heterocycles. The van der Waals surface area contributed by atoms with Gasteiger partial charge in [0.05, 0.1) is 11.9 Å². The number of nitriles is 1. The fourth-order valence-corrected chi connectivity index (χ4v) is 2.33. The van der Waals surface area contributed by atoms with Crippen molar-refractivity contribution in [3.63, 3.8) is 0 Å². The van der Waals surface area contributed by atoms with Gasteiger partial charge in [0.2, 0.25) is 0 Å². The Morgan fingerprint density at radius 3 is 3.18 bits per heavy atom. The fourth-order valence-electron chi connectivity index (χ4n) is 1.55. The van der Waals surface area contributed by atoms with E-state index in [2.05, 4.69) is 20.9 Å². The molecule has 0 unspecified atom stereocenters. The lowest BCUT2D eigenvalue weighted by atomic mass is 10.3. The summed E-state index contributed by atoms with van der Waals surface area (Å²) in [7, 11) is 0. The smallest absolute Gasteiger partial charge is 0.100 e. The molecule has 0 saturated carbocycles. The minimum absolute atomic E-state index is 0.755. The summed E-state index contributed by atoms with van der Waals surface area (Å²) < 4.78 is 2.07. The first-order valence-electron chi connectivity index (χ1n) is 5.52. The molecule has 5 heteroatoms. The van der Waals surface area contributed by atoms with Crippen molar-refractivity contribution in [3.8, 4) is 6.07 Å². The molecule has 0 saturated heterocycles. The number of nitrogens with zero attached hydrogens (tertiary/aromatic N) is 3. The molecule has 0 bridgehead atoms. The minimum atomic E-state index is 0.755. The number of hydrogen-bond acceptors (Lipinski definition) is 4. The Morgan fingerprint density at radius 1 is 1.53 bits per heavy atom. The van der Waals surface area contributed by atoms with Crippen molar-refractivity contribution >= 4 is 11.3 Å². The molecule has 1 N–H and O–H groups in total. The first kappa shape index (κ1) is 11.8. The Balaban J connectivity index is 1.62. The molecule has 2 aromatic heterocycles. The van der Waals surface area contributed by atoms with Gasteiger partial charge in [-0.05, 0) is 19.0 Å². The second kappa shape index (κ2) is 6.18. The lowest BCUT2D eigenvalue weighted by molar-refractivity contribution is 0.583. The van der Waals surface area contributed by atoms with Crippen molar-refractivity contribution in [3.05, 3.63) is 40.6 Å². The predicted octanol–water partition coefficient (Wildman–Crippen LogP) is 2.00. The zero-order valence-corrected chi connectivity index (χ0v) is 10.3. The van der Waals surface area contributed by atoms with Crippen molar-refractivity contribution in [2.24, 2.45) is 0 Å². The van der Waals surface area contributed by atoms with E-state index in [1.807, 2.05) is 24.0 Å². The molecular weight excluding hydrogens is 232 g/mol. The van der Waals surface area contributed by atoms with Gasteiger partial charge in [-0.15, -0.1) is 11.3 Å². The summed E-state index contributed by atoms with van der Waals surface area (Å²) in [5.74, 6) is 0. The molecule has 88 valence electrons. The van der Waals surface area contributed by atoms with Crippen molar-refractivity contribution in [1.29, 1.82) is 5.26 Å². The van der Waals surface area contributed by atoms with Crippen LogP contribution in [-0.4, -0.2) is 16.1 Å². The Morgan fingerprint density at radius 2 is 2.47 bits per heavy atom. The van der Waals surface area contributed by atoms with Gasteiger partial charge in [-0.1, -0.05) is 0 Å². The molecular formula is C12H14N4S. The second-order valence-electron chi connectivity index (χ2n) is 3.74. The van der Waals surface area contributed by atoms with Gasteiger partial charge in [-0.2, -0.15) is 5.26 Å². The summed E-state index contributed by atoms with van der Waals surface area (Å²) in [5, 5.41) is 14.0. The Hall–Kier alpha value is -1.64. The number of rotatable bonds is 6. The first-order chi connectivity index (χ1) is 8.38. The largest absolute Gasteiger partial charge is 0.337 e. The molecule has 0 radical (unpaired) electrons. The maximum absolute atomic E-state index is 8.69. The van der Waals surface area contributed by atoms with E-state index in [1.165, 1.54) is 4.88 Å².